The second kappa shape index (κ2) is 7.37. The van der Waals surface area contributed by atoms with Crippen molar-refractivity contribution in [1.29, 1.82) is 0 Å². The molecule has 0 bridgehead atoms. The Morgan fingerprint density at radius 1 is 1.45 bits per heavy atom. The Morgan fingerprint density at radius 3 is 2.90 bits per heavy atom. The summed E-state index contributed by atoms with van der Waals surface area (Å²) in [5, 5.41) is 5.01. The van der Waals surface area contributed by atoms with Gasteiger partial charge in [-0.1, -0.05) is 0 Å². The Hall–Kier alpha value is -0.670. The van der Waals surface area contributed by atoms with Gasteiger partial charge in [0.25, 0.3) is 10.0 Å². The monoisotopic (exact) mass is 319 g/mol. The predicted molar refractivity (Wildman–Crippen MR) is 80.0 cm³/mol. The molecule has 6 nitrogen and oxygen atoms in total. The molecule has 0 atom stereocenters. The van der Waals surface area contributed by atoms with E-state index in [0.29, 0.717) is 12.3 Å². The number of rotatable bonds is 7. The minimum atomic E-state index is -3.45. The number of methoxy groups -OCH3 is 1. The lowest BCUT2D eigenvalue weighted by Crippen LogP contribution is -2.44. The van der Waals surface area contributed by atoms with Gasteiger partial charge in [0.1, 0.15) is 5.75 Å². The number of nitrogens with one attached hydrogen (secondary N) is 2. The molecule has 1 fully saturated rings. The van der Waals surface area contributed by atoms with E-state index in [1.54, 1.807) is 11.4 Å². The third-order valence-corrected chi connectivity index (χ3v) is 6.12. The van der Waals surface area contributed by atoms with E-state index in [-0.39, 0.29) is 4.21 Å². The van der Waals surface area contributed by atoms with Crippen LogP contribution in [0.3, 0.4) is 0 Å². The summed E-state index contributed by atoms with van der Waals surface area (Å²) in [4.78, 5) is 2.34. The summed E-state index contributed by atoms with van der Waals surface area (Å²) < 4.78 is 32.2. The zero-order chi connectivity index (χ0) is 14.4. The smallest absolute Gasteiger partial charge is 0.253 e. The normalized spacial score (nSPS) is 17.2. The summed E-state index contributed by atoms with van der Waals surface area (Å²) in [5.74, 6) is 0.407. The number of piperazine rings is 1. The largest absolute Gasteiger partial charge is 0.494 e. The fraction of sp³-hybridized carbons (Fsp3) is 0.667. The first-order chi connectivity index (χ1) is 9.63. The number of ether oxygens (including phenoxy) is 1. The van der Waals surface area contributed by atoms with E-state index in [1.165, 1.54) is 18.4 Å². The van der Waals surface area contributed by atoms with Crippen LogP contribution in [0.4, 0.5) is 0 Å². The molecule has 2 N–H and O–H groups in total. The van der Waals surface area contributed by atoms with Gasteiger partial charge in [0.15, 0.2) is 4.21 Å². The summed E-state index contributed by atoms with van der Waals surface area (Å²) in [6, 6.07) is 1.67. The quantitative estimate of drug-likeness (QED) is 0.709. The molecule has 0 unspecified atom stereocenters. The van der Waals surface area contributed by atoms with Gasteiger partial charge >= 0.3 is 0 Å². The van der Waals surface area contributed by atoms with Gasteiger partial charge in [0.2, 0.25) is 0 Å². The summed E-state index contributed by atoms with van der Waals surface area (Å²) in [7, 11) is -1.97. The average molecular weight is 319 g/mol. The standard InChI is InChI=1S/C12H21N3O3S2/c1-18-11-3-10-19-12(11)20(16,17)14-4-2-7-15-8-5-13-6-9-15/h3,10,13-14H,2,4-9H2,1H3. The lowest BCUT2D eigenvalue weighted by Gasteiger charge is -2.27. The van der Waals surface area contributed by atoms with Crippen LogP contribution >= 0.6 is 11.3 Å². The van der Waals surface area contributed by atoms with Crippen LogP contribution in [0.25, 0.3) is 0 Å². The van der Waals surface area contributed by atoms with E-state index in [9.17, 15) is 8.42 Å². The van der Waals surface area contributed by atoms with Crippen molar-refractivity contribution in [2.75, 3.05) is 46.4 Å². The van der Waals surface area contributed by atoms with Crippen molar-refractivity contribution < 1.29 is 13.2 Å². The van der Waals surface area contributed by atoms with E-state index in [0.717, 1.165) is 39.1 Å². The first-order valence-corrected chi connectivity index (χ1v) is 9.04. The van der Waals surface area contributed by atoms with Crippen LogP contribution < -0.4 is 14.8 Å². The molecule has 1 aliphatic rings. The molecule has 0 aromatic carbocycles. The number of hydrogen-bond acceptors (Lipinski definition) is 6. The molecule has 0 amide bonds. The van der Waals surface area contributed by atoms with Crippen LogP contribution in [0, 0.1) is 0 Å². The van der Waals surface area contributed by atoms with E-state index >= 15 is 0 Å². The highest BCUT2D eigenvalue weighted by Crippen LogP contribution is 2.28. The van der Waals surface area contributed by atoms with Crippen molar-refractivity contribution in [3.63, 3.8) is 0 Å². The van der Waals surface area contributed by atoms with Crippen molar-refractivity contribution in [1.82, 2.24) is 14.9 Å². The summed E-state index contributed by atoms with van der Waals surface area (Å²) in [6.07, 6.45) is 0.812. The number of hydrogen-bond donors (Lipinski definition) is 2. The molecule has 114 valence electrons. The SMILES string of the molecule is COc1ccsc1S(=O)(=O)NCCCN1CCNCC1. The van der Waals surface area contributed by atoms with Gasteiger partial charge in [-0.15, -0.1) is 11.3 Å². The first kappa shape index (κ1) is 15.7. The van der Waals surface area contributed by atoms with Gasteiger partial charge in [0.05, 0.1) is 7.11 Å². The molecule has 2 heterocycles. The zero-order valence-corrected chi connectivity index (χ0v) is 13.2. The molecule has 0 spiro atoms. The summed E-state index contributed by atoms with van der Waals surface area (Å²) in [5.41, 5.74) is 0. The highest BCUT2D eigenvalue weighted by Gasteiger charge is 2.20. The number of nitrogens with zero attached hydrogens (tertiary/aromatic N) is 1. The second-order valence-electron chi connectivity index (χ2n) is 4.62. The van der Waals surface area contributed by atoms with Gasteiger partial charge in [-0.25, -0.2) is 13.1 Å². The molecule has 1 aliphatic heterocycles. The minimum Gasteiger partial charge on any atom is -0.494 e. The van der Waals surface area contributed by atoms with Crippen LogP contribution in [0.5, 0.6) is 5.75 Å². The summed E-state index contributed by atoms with van der Waals surface area (Å²) in [6.45, 7) is 5.46. The Balaban J connectivity index is 1.78. The lowest BCUT2D eigenvalue weighted by molar-refractivity contribution is 0.239. The van der Waals surface area contributed by atoms with Crippen molar-refractivity contribution in [2.45, 2.75) is 10.6 Å². The molecule has 0 saturated carbocycles. The van der Waals surface area contributed by atoms with Crippen molar-refractivity contribution in [3.05, 3.63) is 11.4 Å². The fourth-order valence-electron chi connectivity index (χ4n) is 2.14. The third-order valence-electron chi connectivity index (χ3n) is 3.21. The van der Waals surface area contributed by atoms with Gasteiger partial charge in [0, 0.05) is 32.7 Å². The first-order valence-electron chi connectivity index (χ1n) is 6.68. The lowest BCUT2D eigenvalue weighted by atomic mass is 10.3. The maximum Gasteiger partial charge on any atom is 0.253 e. The van der Waals surface area contributed by atoms with Gasteiger partial charge in [-0.3, -0.25) is 0 Å². The zero-order valence-electron chi connectivity index (χ0n) is 11.6. The molecule has 20 heavy (non-hydrogen) atoms. The summed E-state index contributed by atoms with van der Waals surface area (Å²) >= 11 is 1.17. The third kappa shape index (κ3) is 4.16. The predicted octanol–water partition coefficient (Wildman–Crippen LogP) is 0.330. The molecule has 2 rings (SSSR count). The molecule has 0 radical (unpaired) electrons. The minimum absolute atomic E-state index is 0.252. The Kier molecular flexibility index (Phi) is 5.79. The van der Waals surface area contributed by atoms with Gasteiger partial charge in [-0.2, -0.15) is 0 Å². The Bertz CT molecular complexity index is 510. The highest BCUT2D eigenvalue weighted by molar-refractivity contribution is 7.91. The molecular weight excluding hydrogens is 298 g/mol. The fourth-order valence-corrected chi connectivity index (χ4v) is 4.53. The Morgan fingerprint density at radius 2 is 2.20 bits per heavy atom. The molecule has 1 aromatic heterocycles. The topological polar surface area (TPSA) is 70.7 Å². The Labute approximate surface area is 124 Å². The van der Waals surface area contributed by atoms with Crippen LogP contribution in [0.1, 0.15) is 6.42 Å². The average Bonchev–Trinajstić information content (AvgIpc) is 2.94. The van der Waals surface area contributed by atoms with E-state index in [1.807, 2.05) is 0 Å². The van der Waals surface area contributed by atoms with E-state index < -0.39 is 10.0 Å². The molecule has 1 saturated heterocycles. The van der Waals surface area contributed by atoms with Crippen molar-refractivity contribution >= 4 is 21.4 Å². The number of sulfonamides is 1. The van der Waals surface area contributed by atoms with E-state index in [4.69, 9.17) is 4.74 Å². The second-order valence-corrected chi connectivity index (χ2v) is 7.50. The molecule has 0 aliphatic carbocycles. The van der Waals surface area contributed by atoms with E-state index in [2.05, 4.69) is 14.9 Å². The van der Waals surface area contributed by atoms with Gasteiger partial charge < -0.3 is 15.0 Å². The highest BCUT2D eigenvalue weighted by atomic mass is 32.2. The van der Waals surface area contributed by atoms with Crippen LogP contribution in [0.2, 0.25) is 0 Å². The molecule has 1 aromatic rings. The van der Waals surface area contributed by atoms with Crippen LogP contribution in [0.15, 0.2) is 15.7 Å². The maximum absolute atomic E-state index is 12.1. The van der Waals surface area contributed by atoms with Crippen LogP contribution in [-0.4, -0.2) is 59.7 Å². The van der Waals surface area contributed by atoms with Crippen LogP contribution in [-0.2, 0) is 10.0 Å². The number of thiophene rings is 1. The van der Waals surface area contributed by atoms with Crippen molar-refractivity contribution in [3.8, 4) is 5.75 Å². The van der Waals surface area contributed by atoms with Crippen molar-refractivity contribution in [2.24, 2.45) is 0 Å². The maximum atomic E-state index is 12.1. The van der Waals surface area contributed by atoms with Gasteiger partial charge in [-0.05, 0) is 24.4 Å². The molecular formula is C12H21N3O3S2. The molecule has 8 heteroatoms.